The number of hydrogen-bond acceptors (Lipinski definition) is 1. The van der Waals surface area contributed by atoms with Gasteiger partial charge in [0.15, 0.2) is 0 Å². The van der Waals surface area contributed by atoms with Crippen LogP contribution in [0.1, 0.15) is 43.9 Å². The van der Waals surface area contributed by atoms with E-state index in [2.05, 4.69) is 69.3 Å². The molecule has 1 atom stereocenters. The molecule has 0 spiro atoms. The van der Waals surface area contributed by atoms with Crippen molar-refractivity contribution in [1.29, 1.82) is 0 Å². The van der Waals surface area contributed by atoms with Gasteiger partial charge in [0, 0.05) is 22.7 Å². The standard InChI is InChI=1S/C27H27NO/c1-26(2)20-27(3,22-14-8-5-9-15-22)23-16-10-11-17-24(23)28(26)25(29)19-18-21-12-6-4-7-13-21/h4-19H,20H2,1-3H3/b19-18+/t27-/m1/s1. The number of hydrogen-bond donors (Lipinski definition) is 0. The highest BCUT2D eigenvalue weighted by Gasteiger charge is 2.47. The van der Waals surface area contributed by atoms with Gasteiger partial charge in [0.25, 0.3) is 5.91 Å². The van der Waals surface area contributed by atoms with Gasteiger partial charge >= 0.3 is 0 Å². The number of carbonyl (C=O) groups excluding carboxylic acids is 1. The molecule has 3 aromatic carbocycles. The number of fused-ring (bicyclic) bond motifs is 1. The number of rotatable bonds is 3. The average molecular weight is 382 g/mol. The molecule has 146 valence electrons. The maximum Gasteiger partial charge on any atom is 0.251 e. The molecular weight excluding hydrogens is 354 g/mol. The van der Waals surface area contributed by atoms with E-state index >= 15 is 0 Å². The van der Waals surface area contributed by atoms with E-state index in [0.717, 1.165) is 17.7 Å². The van der Waals surface area contributed by atoms with Crippen LogP contribution in [0.3, 0.4) is 0 Å². The molecule has 2 nitrogen and oxygen atoms in total. The van der Waals surface area contributed by atoms with Crippen LogP contribution in [0.25, 0.3) is 6.08 Å². The van der Waals surface area contributed by atoms with Gasteiger partial charge in [-0.15, -0.1) is 0 Å². The second kappa shape index (κ2) is 7.36. The van der Waals surface area contributed by atoms with Crippen molar-refractivity contribution in [1.82, 2.24) is 0 Å². The van der Waals surface area contributed by atoms with E-state index in [9.17, 15) is 4.79 Å². The largest absolute Gasteiger partial charge is 0.303 e. The number of para-hydroxylation sites is 1. The van der Waals surface area contributed by atoms with Crippen LogP contribution >= 0.6 is 0 Å². The highest BCUT2D eigenvalue weighted by molar-refractivity contribution is 6.06. The first-order chi connectivity index (χ1) is 13.9. The topological polar surface area (TPSA) is 20.3 Å². The molecule has 1 aliphatic rings. The summed E-state index contributed by atoms with van der Waals surface area (Å²) in [7, 11) is 0. The number of benzene rings is 3. The Bertz CT molecular complexity index is 1040. The van der Waals surface area contributed by atoms with Crippen LogP contribution in [-0.2, 0) is 10.2 Å². The normalized spacial score (nSPS) is 20.4. The van der Waals surface area contributed by atoms with E-state index in [1.54, 1.807) is 6.08 Å². The Morgan fingerprint density at radius 1 is 0.828 bits per heavy atom. The van der Waals surface area contributed by atoms with E-state index < -0.39 is 0 Å². The van der Waals surface area contributed by atoms with Crippen LogP contribution < -0.4 is 4.90 Å². The van der Waals surface area contributed by atoms with Crippen molar-refractivity contribution >= 4 is 17.7 Å². The molecule has 29 heavy (non-hydrogen) atoms. The van der Waals surface area contributed by atoms with E-state index in [1.807, 2.05) is 47.4 Å². The maximum atomic E-state index is 13.3. The molecule has 0 saturated heterocycles. The first-order valence-electron chi connectivity index (χ1n) is 10.1. The van der Waals surface area contributed by atoms with Gasteiger partial charge in [-0.3, -0.25) is 4.79 Å². The molecule has 0 unspecified atom stereocenters. The molecule has 1 aliphatic heterocycles. The minimum Gasteiger partial charge on any atom is -0.303 e. The molecule has 0 saturated carbocycles. The van der Waals surface area contributed by atoms with Crippen LogP contribution in [-0.4, -0.2) is 11.4 Å². The smallest absolute Gasteiger partial charge is 0.251 e. The van der Waals surface area contributed by atoms with Gasteiger partial charge in [0.05, 0.1) is 0 Å². The fraction of sp³-hybridized carbons (Fsp3) is 0.222. The summed E-state index contributed by atoms with van der Waals surface area (Å²) in [5.41, 5.74) is 4.04. The molecule has 0 radical (unpaired) electrons. The van der Waals surface area contributed by atoms with E-state index in [0.29, 0.717) is 0 Å². The molecule has 1 heterocycles. The van der Waals surface area contributed by atoms with Crippen LogP contribution in [0.15, 0.2) is 91.0 Å². The van der Waals surface area contributed by atoms with Crippen LogP contribution in [0, 0.1) is 0 Å². The van der Waals surface area contributed by atoms with Crippen molar-refractivity contribution in [3.8, 4) is 0 Å². The van der Waals surface area contributed by atoms with E-state index in [-0.39, 0.29) is 16.9 Å². The predicted octanol–water partition coefficient (Wildman–Crippen LogP) is 6.22. The zero-order valence-corrected chi connectivity index (χ0v) is 17.3. The van der Waals surface area contributed by atoms with E-state index in [4.69, 9.17) is 0 Å². The summed E-state index contributed by atoms with van der Waals surface area (Å²) in [5, 5.41) is 0. The Morgan fingerprint density at radius 3 is 2.10 bits per heavy atom. The Balaban J connectivity index is 1.78. The number of carbonyl (C=O) groups is 1. The first-order valence-corrected chi connectivity index (χ1v) is 10.1. The van der Waals surface area contributed by atoms with Gasteiger partial charge in [-0.2, -0.15) is 0 Å². The zero-order valence-electron chi connectivity index (χ0n) is 17.3. The highest BCUT2D eigenvalue weighted by atomic mass is 16.2. The molecule has 2 heteroatoms. The summed E-state index contributed by atoms with van der Waals surface area (Å²) in [6, 6.07) is 28.9. The van der Waals surface area contributed by atoms with Crippen molar-refractivity contribution in [2.75, 3.05) is 4.90 Å². The van der Waals surface area contributed by atoms with Crippen molar-refractivity contribution in [3.05, 3.63) is 108 Å². The van der Waals surface area contributed by atoms with Gasteiger partial charge < -0.3 is 4.90 Å². The second-order valence-corrected chi connectivity index (χ2v) is 8.62. The molecule has 0 aromatic heterocycles. The molecule has 4 rings (SSSR count). The fourth-order valence-electron chi connectivity index (χ4n) is 4.79. The van der Waals surface area contributed by atoms with Crippen molar-refractivity contribution < 1.29 is 4.79 Å². The summed E-state index contributed by atoms with van der Waals surface area (Å²) in [5.74, 6) is 0.0152. The summed E-state index contributed by atoms with van der Waals surface area (Å²) in [6.07, 6.45) is 4.44. The lowest BCUT2D eigenvalue weighted by atomic mass is 9.65. The third kappa shape index (κ3) is 3.51. The number of amides is 1. The second-order valence-electron chi connectivity index (χ2n) is 8.62. The summed E-state index contributed by atoms with van der Waals surface area (Å²) in [4.78, 5) is 15.3. The van der Waals surface area contributed by atoms with Gasteiger partial charge in [0.2, 0.25) is 0 Å². The molecule has 0 N–H and O–H groups in total. The molecule has 1 amide bonds. The lowest BCUT2D eigenvalue weighted by Crippen LogP contribution is -2.55. The predicted molar refractivity (Wildman–Crippen MR) is 121 cm³/mol. The molecule has 3 aromatic rings. The van der Waals surface area contributed by atoms with Gasteiger partial charge in [-0.1, -0.05) is 85.8 Å². The minimum absolute atomic E-state index is 0.0152. The quantitative estimate of drug-likeness (QED) is 0.493. The SMILES string of the molecule is CC1(C)C[C@](C)(c2ccccc2)c2ccccc2N1C(=O)/C=C/c1ccccc1. The molecular formula is C27H27NO. The lowest BCUT2D eigenvalue weighted by molar-refractivity contribution is -0.115. The Labute approximate surface area is 173 Å². The number of nitrogens with zero attached hydrogens (tertiary/aromatic N) is 1. The van der Waals surface area contributed by atoms with Crippen molar-refractivity contribution in [3.63, 3.8) is 0 Å². The van der Waals surface area contributed by atoms with Crippen LogP contribution in [0.2, 0.25) is 0 Å². The summed E-state index contributed by atoms with van der Waals surface area (Å²) < 4.78 is 0. The summed E-state index contributed by atoms with van der Waals surface area (Å²) in [6.45, 7) is 6.63. The van der Waals surface area contributed by atoms with Gasteiger partial charge in [-0.25, -0.2) is 0 Å². The maximum absolute atomic E-state index is 13.3. The summed E-state index contributed by atoms with van der Waals surface area (Å²) >= 11 is 0. The van der Waals surface area contributed by atoms with Crippen molar-refractivity contribution in [2.24, 2.45) is 0 Å². The van der Waals surface area contributed by atoms with Crippen LogP contribution in [0.5, 0.6) is 0 Å². The molecule has 0 bridgehead atoms. The van der Waals surface area contributed by atoms with Crippen molar-refractivity contribution in [2.45, 2.75) is 38.1 Å². The third-order valence-corrected chi connectivity index (χ3v) is 5.98. The number of anilines is 1. The van der Waals surface area contributed by atoms with Gasteiger partial charge in [-0.05, 0) is 49.1 Å². The van der Waals surface area contributed by atoms with E-state index in [1.165, 1.54) is 11.1 Å². The minimum atomic E-state index is -0.322. The fourth-order valence-corrected chi connectivity index (χ4v) is 4.79. The lowest BCUT2D eigenvalue weighted by Gasteiger charge is -2.51. The van der Waals surface area contributed by atoms with Crippen LogP contribution in [0.4, 0.5) is 5.69 Å². The Hall–Kier alpha value is -3.13. The Kier molecular flexibility index (Phi) is 4.87. The highest BCUT2D eigenvalue weighted by Crippen LogP contribution is 2.50. The molecule has 0 aliphatic carbocycles. The monoisotopic (exact) mass is 381 g/mol. The first kappa shape index (κ1) is 19.2. The average Bonchev–Trinajstić information content (AvgIpc) is 2.73. The third-order valence-electron chi connectivity index (χ3n) is 5.98. The van der Waals surface area contributed by atoms with Gasteiger partial charge in [0.1, 0.15) is 0 Å². The molecule has 0 fully saturated rings. The Morgan fingerprint density at radius 2 is 1.41 bits per heavy atom. The zero-order chi connectivity index (χ0) is 20.5.